The van der Waals surface area contributed by atoms with Crippen molar-refractivity contribution in [2.24, 2.45) is 5.73 Å². The Morgan fingerprint density at radius 3 is 2.72 bits per heavy atom. The fraction of sp³-hybridized carbons (Fsp3) is 0.538. The number of methoxy groups -OCH3 is 1. The van der Waals surface area contributed by atoms with Gasteiger partial charge < -0.3 is 25.1 Å². The van der Waals surface area contributed by atoms with Gasteiger partial charge >= 0.3 is 0 Å². The van der Waals surface area contributed by atoms with E-state index in [1.165, 1.54) is 0 Å². The lowest BCUT2D eigenvalue weighted by atomic mass is 10.2. The predicted octanol–water partition coefficient (Wildman–Crippen LogP) is 0.930. The van der Waals surface area contributed by atoms with Gasteiger partial charge in [-0.15, -0.1) is 0 Å². The maximum Gasteiger partial charge on any atom is 0.165 e. The topological polar surface area (TPSA) is 73.9 Å². The predicted molar refractivity (Wildman–Crippen MR) is 68.9 cm³/mol. The molecule has 0 aromatic heterocycles. The van der Waals surface area contributed by atoms with E-state index in [9.17, 15) is 5.11 Å². The van der Waals surface area contributed by atoms with Crippen LogP contribution in [0.2, 0.25) is 0 Å². The molecule has 0 aliphatic carbocycles. The van der Waals surface area contributed by atoms with Crippen molar-refractivity contribution in [3.8, 4) is 11.5 Å². The van der Waals surface area contributed by atoms with Gasteiger partial charge in [0, 0.05) is 18.7 Å². The first-order valence-corrected chi connectivity index (χ1v) is 5.97. The van der Waals surface area contributed by atoms with Crippen LogP contribution in [0.3, 0.4) is 0 Å². The molecule has 102 valence electrons. The van der Waals surface area contributed by atoms with Crippen LogP contribution in [0.1, 0.15) is 12.5 Å². The van der Waals surface area contributed by atoms with Gasteiger partial charge in [-0.25, -0.2) is 0 Å². The highest BCUT2D eigenvalue weighted by Crippen LogP contribution is 2.30. The van der Waals surface area contributed by atoms with Gasteiger partial charge in [0.1, 0.15) is 12.7 Å². The third kappa shape index (κ3) is 4.18. The van der Waals surface area contributed by atoms with Gasteiger partial charge in [0.15, 0.2) is 11.5 Å². The smallest absolute Gasteiger partial charge is 0.165 e. The summed E-state index contributed by atoms with van der Waals surface area (Å²) in [5.74, 6) is 1.19. The molecule has 1 atom stereocenters. The highest BCUT2D eigenvalue weighted by atomic mass is 16.5. The second-order valence-corrected chi connectivity index (χ2v) is 3.78. The normalized spacial score (nSPS) is 12.2. The SMILES string of the molecule is CCOCC(O)COc1c(CN)cccc1OC. The van der Waals surface area contributed by atoms with E-state index in [0.717, 1.165) is 5.56 Å². The third-order valence-corrected chi connectivity index (χ3v) is 2.43. The first-order chi connectivity index (χ1) is 8.72. The van der Waals surface area contributed by atoms with Crippen LogP contribution in [0.25, 0.3) is 0 Å². The summed E-state index contributed by atoms with van der Waals surface area (Å²) in [5.41, 5.74) is 6.48. The molecule has 5 heteroatoms. The van der Waals surface area contributed by atoms with Crippen molar-refractivity contribution in [3.05, 3.63) is 23.8 Å². The molecule has 0 bridgehead atoms. The molecule has 0 aliphatic rings. The molecule has 0 saturated carbocycles. The molecule has 0 spiro atoms. The van der Waals surface area contributed by atoms with Crippen LogP contribution in [0.4, 0.5) is 0 Å². The zero-order valence-electron chi connectivity index (χ0n) is 10.9. The lowest BCUT2D eigenvalue weighted by molar-refractivity contribution is 0.0158. The lowest BCUT2D eigenvalue weighted by Crippen LogP contribution is -2.24. The largest absolute Gasteiger partial charge is 0.493 e. The average molecular weight is 255 g/mol. The Balaban J connectivity index is 2.65. The van der Waals surface area contributed by atoms with Crippen LogP contribution in [-0.4, -0.2) is 38.1 Å². The van der Waals surface area contributed by atoms with Gasteiger partial charge in [-0.3, -0.25) is 0 Å². The summed E-state index contributed by atoms with van der Waals surface area (Å²) in [6.45, 7) is 3.20. The van der Waals surface area contributed by atoms with Crippen molar-refractivity contribution < 1.29 is 19.3 Å². The number of hydrogen-bond acceptors (Lipinski definition) is 5. The molecule has 0 saturated heterocycles. The molecule has 0 fully saturated rings. The van der Waals surface area contributed by atoms with Crippen LogP contribution in [0.5, 0.6) is 11.5 Å². The average Bonchev–Trinajstić information content (AvgIpc) is 2.42. The fourth-order valence-electron chi connectivity index (χ4n) is 1.53. The molecule has 0 heterocycles. The van der Waals surface area contributed by atoms with Gasteiger partial charge in [-0.2, -0.15) is 0 Å². The number of aliphatic hydroxyl groups is 1. The molecule has 0 aliphatic heterocycles. The summed E-state index contributed by atoms with van der Waals surface area (Å²) in [7, 11) is 1.57. The molecule has 1 aromatic rings. The maximum absolute atomic E-state index is 9.65. The highest BCUT2D eigenvalue weighted by Gasteiger charge is 2.12. The van der Waals surface area contributed by atoms with Crippen LogP contribution in [0, 0.1) is 0 Å². The summed E-state index contributed by atoms with van der Waals surface area (Å²) < 4.78 is 15.9. The fourth-order valence-corrected chi connectivity index (χ4v) is 1.53. The van der Waals surface area contributed by atoms with E-state index in [1.54, 1.807) is 13.2 Å². The number of ether oxygens (including phenoxy) is 3. The third-order valence-electron chi connectivity index (χ3n) is 2.43. The van der Waals surface area contributed by atoms with Gasteiger partial charge in [-0.05, 0) is 13.0 Å². The monoisotopic (exact) mass is 255 g/mol. The second-order valence-electron chi connectivity index (χ2n) is 3.78. The molecule has 18 heavy (non-hydrogen) atoms. The summed E-state index contributed by atoms with van der Waals surface area (Å²) in [5, 5.41) is 9.65. The van der Waals surface area contributed by atoms with Crippen LogP contribution < -0.4 is 15.2 Å². The standard InChI is InChI=1S/C13H21NO4/c1-3-17-8-11(15)9-18-13-10(7-14)5-4-6-12(13)16-2/h4-6,11,15H,3,7-9,14H2,1-2H3. The first kappa shape index (κ1) is 14.8. The summed E-state index contributed by atoms with van der Waals surface area (Å²) in [6.07, 6.45) is -0.666. The minimum Gasteiger partial charge on any atom is -0.493 e. The quantitative estimate of drug-likeness (QED) is 0.723. The Labute approximate surface area is 107 Å². The minimum atomic E-state index is -0.666. The van der Waals surface area contributed by atoms with Gasteiger partial charge in [0.25, 0.3) is 0 Å². The molecular weight excluding hydrogens is 234 g/mol. The van der Waals surface area contributed by atoms with Gasteiger partial charge in [-0.1, -0.05) is 12.1 Å². The van der Waals surface area contributed by atoms with Crippen molar-refractivity contribution >= 4 is 0 Å². The van der Waals surface area contributed by atoms with Crippen molar-refractivity contribution in [1.82, 2.24) is 0 Å². The number of rotatable bonds is 8. The van der Waals surface area contributed by atoms with Crippen molar-refractivity contribution in [2.75, 3.05) is 26.9 Å². The summed E-state index contributed by atoms with van der Waals surface area (Å²) in [4.78, 5) is 0. The van der Waals surface area contributed by atoms with E-state index >= 15 is 0 Å². The summed E-state index contributed by atoms with van der Waals surface area (Å²) >= 11 is 0. The van der Waals surface area contributed by atoms with E-state index in [1.807, 2.05) is 19.1 Å². The maximum atomic E-state index is 9.65. The van der Waals surface area contributed by atoms with Crippen LogP contribution in [-0.2, 0) is 11.3 Å². The number of nitrogens with two attached hydrogens (primary N) is 1. The highest BCUT2D eigenvalue weighted by molar-refractivity contribution is 5.46. The molecule has 1 unspecified atom stereocenters. The van der Waals surface area contributed by atoms with E-state index in [0.29, 0.717) is 24.7 Å². The minimum absolute atomic E-state index is 0.146. The molecule has 1 aromatic carbocycles. The Bertz CT molecular complexity index is 335. The first-order valence-electron chi connectivity index (χ1n) is 5.97. The Hall–Kier alpha value is -1.30. The zero-order chi connectivity index (χ0) is 13.4. The molecular formula is C13H21NO4. The second kappa shape index (κ2) is 7.92. The van der Waals surface area contributed by atoms with Gasteiger partial charge in [0.2, 0.25) is 0 Å². The number of hydrogen-bond donors (Lipinski definition) is 2. The Morgan fingerprint density at radius 2 is 2.11 bits per heavy atom. The molecule has 1 rings (SSSR count). The van der Waals surface area contributed by atoms with E-state index in [-0.39, 0.29) is 13.2 Å². The van der Waals surface area contributed by atoms with E-state index < -0.39 is 6.10 Å². The Kier molecular flexibility index (Phi) is 6.49. The number of aliphatic hydroxyl groups excluding tert-OH is 1. The number of para-hydroxylation sites is 1. The Morgan fingerprint density at radius 1 is 1.33 bits per heavy atom. The summed E-state index contributed by atoms with van der Waals surface area (Å²) in [6, 6.07) is 5.51. The van der Waals surface area contributed by atoms with Crippen LogP contribution in [0.15, 0.2) is 18.2 Å². The molecule has 3 N–H and O–H groups in total. The van der Waals surface area contributed by atoms with Crippen molar-refractivity contribution in [3.63, 3.8) is 0 Å². The van der Waals surface area contributed by atoms with E-state index in [2.05, 4.69) is 0 Å². The van der Waals surface area contributed by atoms with Crippen LogP contribution >= 0.6 is 0 Å². The number of benzene rings is 1. The van der Waals surface area contributed by atoms with Gasteiger partial charge in [0.05, 0.1) is 13.7 Å². The van der Waals surface area contributed by atoms with Crippen molar-refractivity contribution in [2.45, 2.75) is 19.6 Å². The van der Waals surface area contributed by atoms with E-state index in [4.69, 9.17) is 19.9 Å². The molecule has 0 radical (unpaired) electrons. The molecule has 0 amide bonds. The molecule has 5 nitrogen and oxygen atoms in total. The zero-order valence-corrected chi connectivity index (χ0v) is 10.9. The lowest BCUT2D eigenvalue weighted by Gasteiger charge is -2.16. The van der Waals surface area contributed by atoms with Crippen molar-refractivity contribution in [1.29, 1.82) is 0 Å².